The van der Waals surface area contributed by atoms with Crippen LogP contribution in [-0.2, 0) is 4.79 Å². The van der Waals surface area contributed by atoms with Crippen molar-refractivity contribution in [2.45, 2.75) is 19.3 Å². The van der Waals surface area contributed by atoms with E-state index in [1.165, 1.54) is 12.5 Å². The number of fused-ring (bicyclic) bond motifs is 1. The van der Waals surface area contributed by atoms with Gasteiger partial charge in [-0.05, 0) is 37.5 Å². The Morgan fingerprint density at radius 3 is 2.71 bits per heavy atom. The van der Waals surface area contributed by atoms with Gasteiger partial charge in [0.15, 0.2) is 6.61 Å². The van der Waals surface area contributed by atoms with Gasteiger partial charge in [0.25, 0.3) is 5.91 Å². The number of benzene rings is 1. The first-order valence-corrected chi connectivity index (χ1v) is 7.17. The van der Waals surface area contributed by atoms with Crippen LogP contribution < -0.4 is 10.4 Å². The van der Waals surface area contributed by atoms with Crippen LogP contribution in [-0.4, -0.2) is 30.5 Å². The first-order valence-electron chi connectivity index (χ1n) is 7.17. The number of ether oxygens (including phenoxy) is 1. The van der Waals surface area contributed by atoms with Gasteiger partial charge in [0, 0.05) is 30.6 Å². The van der Waals surface area contributed by atoms with Crippen molar-refractivity contribution in [2.75, 3.05) is 19.7 Å². The van der Waals surface area contributed by atoms with E-state index in [0.29, 0.717) is 11.3 Å². The van der Waals surface area contributed by atoms with Crippen molar-refractivity contribution in [1.82, 2.24) is 4.90 Å². The Balaban J connectivity index is 1.67. The standard InChI is InChI=1S/C16H17NO4/c18-15(17-8-2-1-3-9-17)11-20-13-6-4-12-5-7-16(19)21-14(12)10-13/h4-7,10H,1-3,8-9,11H2. The number of piperidine rings is 1. The molecule has 0 saturated carbocycles. The summed E-state index contributed by atoms with van der Waals surface area (Å²) in [6.07, 6.45) is 3.31. The molecule has 0 unspecified atom stereocenters. The molecule has 1 amide bonds. The third-order valence-corrected chi connectivity index (χ3v) is 3.67. The minimum absolute atomic E-state index is 0.00399. The van der Waals surface area contributed by atoms with Crippen molar-refractivity contribution in [2.24, 2.45) is 0 Å². The minimum atomic E-state index is -0.399. The summed E-state index contributed by atoms with van der Waals surface area (Å²) >= 11 is 0. The van der Waals surface area contributed by atoms with E-state index in [1.807, 2.05) is 4.90 Å². The van der Waals surface area contributed by atoms with Gasteiger partial charge < -0.3 is 14.1 Å². The summed E-state index contributed by atoms with van der Waals surface area (Å²) in [5.74, 6) is 0.534. The van der Waals surface area contributed by atoms with Gasteiger partial charge in [-0.2, -0.15) is 0 Å². The highest BCUT2D eigenvalue weighted by molar-refractivity contribution is 5.79. The van der Waals surface area contributed by atoms with Crippen molar-refractivity contribution in [3.05, 3.63) is 40.8 Å². The largest absolute Gasteiger partial charge is 0.484 e. The van der Waals surface area contributed by atoms with Crippen LogP contribution in [0.3, 0.4) is 0 Å². The number of likely N-dealkylation sites (tertiary alicyclic amines) is 1. The van der Waals surface area contributed by atoms with Crippen molar-refractivity contribution in [3.8, 4) is 5.75 Å². The van der Waals surface area contributed by atoms with Crippen LogP contribution in [0.2, 0.25) is 0 Å². The van der Waals surface area contributed by atoms with E-state index in [0.717, 1.165) is 31.3 Å². The van der Waals surface area contributed by atoms with Gasteiger partial charge in [0.2, 0.25) is 0 Å². The molecule has 21 heavy (non-hydrogen) atoms. The number of nitrogens with zero attached hydrogens (tertiary/aromatic N) is 1. The summed E-state index contributed by atoms with van der Waals surface area (Å²) in [5, 5.41) is 0.823. The van der Waals surface area contributed by atoms with E-state index in [1.54, 1.807) is 24.3 Å². The van der Waals surface area contributed by atoms with E-state index in [9.17, 15) is 9.59 Å². The van der Waals surface area contributed by atoms with Gasteiger partial charge >= 0.3 is 5.63 Å². The first kappa shape index (κ1) is 13.7. The van der Waals surface area contributed by atoms with Crippen LogP contribution in [0.4, 0.5) is 0 Å². The molecule has 1 saturated heterocycles. The van der Waals surface area contributed by atoms with Crippen molar-refractivity contribution < 1.29 is 13.9 Å². The van der Waals surface area contributed by atoms with Crippen LogP contribution in [0.5, 0.6) is 5.75 Å². The topological polar surface area (TPSA) is 59.8 Å². The molecule has 1 aliphatic heterocycles. The molecule has 1 aromatic heterocycles. The maximum absolute atomic E-state index is 12.0. The Bertz CT molecular complexity index is 701. The lowest BCUT2D eigenvalue weighted by Gasteiger charge is -2.26. The fourth-order valence-electron chi connectivity index (χ4n) is 2.51. The summed E-state index contributed by atoms with van der Waals surface area (Å²) in [5.41, 5.74) is 0.0643. The third-order valence-electron chi connectivity index (χ3n) is 3.67. The molecule has 0 aliphatic carbocycles. The number of hydrogen-bond donors (Lipinski definition) is 0. The van der Waals surface area contributed by atoms with Crippen LogP contribution in [0.25, 0.3) is 11.0 Å². The molecule has 0 radical (unpaired) electrons. The molecule has 2 aromatic rings. The average molecular weight is 287 g/mol. The van der Waals surface area contributed by atoms with Gasteiger partial charge in [0.1, 0.15) is 11.3 Å². The lowest BCUT2D eigenvalue weighted by Crippen LogP contribution is -2.38. The SMILES string of the molecule is O=C(COc1ccc2ccc(=O)oc2c1)N1CCCCC1. The highest BCUT2D eigenvalue weighted by Gasteiger charge is 2.16. The fraction of sp³-hybridized carbons (Fsp3) is 0.375. The Hall–Kier alpha value is -2.30. The van der Waals surface area contributed by atoms with E-state index < -0.39 is 5.63 Å². The molecule has 1 aromatic carbocycles. The van der Waals surface area contributed by atoms with Crippen LogP contribution in [0.15, 0.2) is 39.5 Å². The predicted octanol–water partition coefficient (Wildman–Crippen LogP) is 2.18. The average Bonchev–Trinajstić information content (AvgIpc) is 2.53. The third kappa shape index (κ3) is 3.24. The molecular formula is C16H17NO4. The summed E-state index contributed by atoms with van der Waals surface area (Å²) in [6.45, 7) is 1.64. The van der Waals surface area contributed by atoms with Gasteiger partial charge in [-0.3, -0.25) is 4.79 Å². The highest BCUT2D eigenvalue weighted by Crippen LogP contribution is 2.19. The smallest absolute Gasteiger partial charge is 0.336 e. The normalized spacial score (nSPS) is 15.1. The first-order chi connectivity index (χ1) is 10.2. The van der Waals surface area contributed by atoms with Crippen molar-refractivity contribution >= 4 is 16.9 Å². The number of amides is 1. The zero-order chi connectivity index (χ0) is 14.7. The molecule has 110 valence electrons. The molecule has 0 N–H and O–H groups in total. The molecule has 5 heteroatoms. The van der Waals surface area contributed by atoms with E-state index in [-0.39, 0.29) is 12.5 Å². The van der Waals surface area contributed by atoms with Gasteiger partial charge in [-0.25, -0.2) is 4.79 Å². The second-order valence-corrected chi connectivity index (χ2v) is 5.18. The van der Waals surface area contributed by atoms with Crippen molar-refractivity contribution in [1.29, 1.82) is 0 Å². The van der Waals surface area contributed by atoms with E-state index >= 15 is 0 Å². The summed E-state index contributed by atoms with van der Waals surface area (Å²) in [4.78, 5) is 25.1. The monoisotopic (exact) mass is 287 g/mol. The summed E-state index contributed by atoms with van der Waals surface area (Å²) < 4.78 is 10.6. The fourth-order valence-corrected chi connectivity index (χ4v) is 2.51. The van der Waals surface area contributed by atoms with Crippen LogP contribution in [0, 0.1) is 0 Å². The lowest BCUT2D eigenvalue weighted by molar-refractivity contribution is -0.134. The maximum atomic E-state index is 12.0. The van der Waals surface area contributed by atoms with Gasteiger partial charge in [0.05, 0.1) is 0 Å². The molecule has 2 heterocycles. The van der Waals surface area contributed by atoms with Crippen LogP contribution >= 0.6 is 0 Å². The zero-order valence-electron chi connectivity index (χ0n) is 11.7. The Labute approximate surface area is 122 Å². The highest BCUT2D eigenvalue weighted by atomic mass is 16.5. The molecule has 5 nitrogen and oxygen atoms in total. The molecular weight excluding hydrogens is 270 g/mol. The maximum Gasteiger partial charge on any atom is 0.336 e. The van der Waals surface area contributed by atoms with Gasteiger partial charge in [-0.15, -0.1) is 0 Å². The summed E-state index contributed by atoms with van der Waals surface area (Å²) in [6, 6.07) is 8.29. The van der Waals surface area contributed by atoms with Gasteiger partial charge in [-0.1, -0.05) is 0 Å². The predicted molar refractivity (Wildman–Crippen MR) is 78.4 cm³/mol. The molecule has 0 bridgehead atoms. The zero-order valence-corrected chi connectivity index (χ0v) is 11.7. The van der Waals surface area contributed by atoms with Crippen LogP contribution in [0.1, 0.15) is 19.3 Å². The lowest BCUT2D eigenvalue weighted by atomic mass is 10.1. The Morgan fingerprint density at radius 2 is 1.90 bits per heavy atom. The molecule has 3 rings (SSSR count). The number of rotatable bonds is 3. The molecule has 1 fully saturated rings. The molecule has 0 atom stereocenters. The number of hydrogen-bond acceptors (Lipinski definition) is 4. The van der Waals surface area contributed by atoms with Crippen molar-refractivity contribution in [3.63, 3.8) is 0 Å². The quantitative estimate of drug-likeness (QED) is 0.812. The minimum Gasteiger partial charge on any atom is -0.484 e. The second kappa shape index (κ2) is 5.99. The summed E-state index contributed by atoms with van der Waals surface area (Å²) in [7, 11) is 0. The Morgan fingerprint density at radius 1 is 1.14 bits per heavy atom. The van der Waals surface area contributed by atoms with E-state index in [4.69, 9.17) is 9.15 Å². The Kier molecular flexibility index (Phi) is 3.90. The number of carbonyl (C=O) groups excluding carboxylic acids is 1. The van der Waals surface area contributed by atoms with E-state index in [2.05, 4.69) is 0 Å². The molecule has 0 spiro atoms. The number of carbonyl (C=O) groups is 1. The second-order valence-electron chi connectivity index (χ2n) is 5.18. The molecule has 1 aliphatic rings.